The molecule has 0 amide bonds. The second kappa shape index (κ2) is 5.98. The highest BCUT2D eigenvalue weighted by atomic mass is 79.9. The SMILES string of the molecule is CC(O)c1ccc(Br)cc1OCc1cccnc1. The van der Waals surface area contributed by atoms with Crippen molar-refractivity contribution in [1.82, 2.24) is 4.98 Å². The summed E-state index contributed by atoms with van der Waals surface area (Å²) in [6.07, 6.45) is 2.94. The first kappa shape index (κ1) is 13.1. The van der Waals surface area contributed by atoms with Crippen LogP contribution in [0.5, 0.6) is 5.75 Å². The van der Waals surface area contributed by atoms with Gasteiger partial charge in [0.25, 0.3) is 0 Å². The predicted molar refractivity (Wildman–Crippen MR) is 73.3 cm³/mol. The second-order valence-corrected chi connectivity index (χ2v) is 4.92. The predicted octanol–water partition coefficient (Wildman–Crippen LogP) is 3.48. The summed E-state index contributed by atoms with van der Waals surface area (Å²) in [4.78, 5) is 4.03. The fraction of sp³-hybridized carbons (Fsp3) is 0.214. The van der Waals surface area contributed by atoms with Crippen molar-refractivity contribution in [3.8, 4) is 5.75 Å². The maximum absolute atomic E-state index is 9.68. The van der Waals surface area contributed by atoms with Crippen LogP contribution in [-0.2, 0) is 6.61 Å². The number of halogens is 1. The Morgan fingerprint density at radius 3 is 2.89 bits per heavy atom. The van der Waals surface area contributed by atoms with Crippen LogP contribution in [0.15, 0.2) is 47.2 Å². The number of benzene rings is 1. The molecule has 94 valence electrons. The van der Waals surface area contributed by atoms with Crippen LogP contribution < -0.4 is 4.74 Å². The quantitative estimate of drug-likeness (QED) is 0.940. The molecule has 1 unspecified atom stereocenters. The van der Waals surface area contributed by atoms with Crippen LogP contribution in [0.1, 0.15) is 24.2 Å². The molecule has 4 heteroatoms. The van der Waals surface area contributed by atoms with E-state index in [9.17, 15) is 5.11 Å². The Hall–Kier alpha value is -1.39. The molecule has 0 spiro atoms. The van der Waals surface area contributed by atoms with Crippen LogP contribution >= 0.6 is 15.9 Å². The van der Waals surface area contributed by atoms with Gasteiger partial charge in [0.1, 0.15) is 12.4 Å². The average molecular weight is 308 g/mol. The van der Waals surface area contributed by atoms with Crippen LogP contribution in [0, 0.1) is 0 Å². The minimum atomic E-state index is -0.554. The van der Waals surface area contributed by atoms with Gasteiger partial charge >= 0.3 is 0 Å². The first-order chi connectivity index (χ1) is 8.66. The van der Waals surface area contributed by atoms with Gasteiger partial charge < -0.3 is 9.84 Å². The van der Waals surface area contributed by atoms with Crippen molar-refractivity contribution in [2.24, 2.45) is 0 Å². The topological polar surface area (TPSA) is 42.4 Å². The van der Waals surface area contributed by atoms with E-state index in [1.807, 2.05) is 30.3 Å². The van der Waals surface area contributed by atoms with E-state index >= 15 is 0 Å². The Morgan fingerprint density at radius 2 is 2.22 bits per heavy atom. The summed E-state index contributed by atoms with van der Waals surface area (Å²) in [5, 5.41) is 9.68. The molecule has 0 saturated carbocycles. The highest BCUT2D eigenvalue weighted by Gasteiger charge is 2.09. The van der Waals surface area contributed by atoms with E-state index in [4.69, 9.17) is 4.74 Å². The van der Waals surface area contributed by atoms with Crippen LogP contribution in [0.3, 0.4) is 0 Å². The van der Waals surface area contributed by atoms with Crippen LogP contribution in [0.2, 0.25) is 0 Å². The van der Waals surface area contributed by atoms with Gasteiger partial charge in [-0.3, -0.25) is 4.98 Å². The zero-order valence-electron chi connectivity index (χ0n) is 10.0. The smallest absolute Gasteiger partial charge is 0.126 e. The number of pyridine rings is 1. The third-order valence-electron chi connectivity index (χ3n) is 2.54. The molecule has 0 aliphatic carbocycles. The molecule has 2 aromatic rings. The zero-order chi connectivity index (χ0) is 13.0. The Bertz CT molecular complexity index is 514. The molecule has 3 nitrogen and oxygen atoms in total. The maximum Gasteiger partial charge on any atom is 0.126 e. The van der Waals surface area contributed by atoms with Gasteiger partial charge in [0.15, 0.2) is 0 Å². The largest absolute Gasteiger partial charge is 0.488 e. The normalized spacial score (nSPS) is 12.2. The summed E-state index contributed by atoms with van der Waals surface area (Å²) in [5.41, 5.74) is 1.77. The fourth-order valence-electron chi connectivity index (χ4n) is 1.62. The molecule has 1 aromatic carbocycles. The van der Waals surface area contributed by atoms with Crippen molar-refractivity contribution >= 4 is 15.9 Å². The van der Waals surface area contributed by atoms with Crippen molar-refractivity contribution in [2.45, 2.75) is 19.6 Å². The Morgan fingerprint density at radius 1 is 1.39 bits per heavy atom. The summed E-state index contributed by atoms with van der Waals surface area (Å²) in [6.45, 7) is 2.16. The maximum atomic E-state index is 9.68. The lowest BCUT2D eigenvalue weighted by atomic mass is 10.1. The van der Waals surface area contributed by atoms with Gasteiger partial charge in [-0.05, 0) is 25.1 Å². The molecule has 1 atom stereocenters. The fourth-order valence-corrected chi connectivity index (χ4v) is 1.96. The first-order valence-electron chi connectivity index (χ1n) is 5.66. The zero-order valence-corrected chi connectivity index (χ0v) is 11.6. The average Bonchev–Trinajstić information content (AvgIpc) is 2.37. The van der Waals surface area contributed by atoms with Gasteiger partial charge in [-0.2, -0.15) is 0 Å². The minimum absolute atomic E-state index is 0.435. The third-order valence-corrected chi connectivity index (χ3v) is 3.04. The molecule has 2 rings (SSSR count). The lowest BCUT2D eigenvalue weighted by Crippen LogP contribution is -2.01. The third kappa shape index (κ3) is 3.31. The molecular formula is C14H14BrNO2. The summed E-state index contributed by atoms with van der Waals surface area (Å²) in [7, 11) is 0. The van der Waals surface area contributed by atoms with E-state index in [1.54, 1.807) is 19.3 Å². The molecule has 0 aliphatic heterocycles. The van der Waals surface area contributed by atoms with Crippen LogP contribution in [0.25, 0.3) is 0 Å². The van der Waals surface area contributed by atoms with Gasteiger partial charge in [-0.25, -0.2) is 0 Å². The molecule has 0 aliphatic rings. The number of ether oxygens (including phenoxy) is 1. The molecule has 0 radical (unpaired) electrons. The minimum Gasteiger partial charge on any atom is -0.488 e. The van der Waals surface area contributed by atoms with E-state index in [-0.39, 0.29) is 0 Å². The molecule has 1 aromatic heterocycles. The van der Waals surface area contributed by atoms with E-state index < -0.39 is 6.10 Å². The van der Waals surface area contributed by atoms with Gasteiger partial charge in [0, 0.05) is 28.0 Å². The number of aliphatic hydroxyl groups is 1. The number of nitrogens with zero attached hydrogens (tertiary/aromatic N) is 1. The van der Waals surface area contributed by atoms with Crippen molar-refractivity contribution in [3.05, 3.63) is 58.3 Å². The molecular weight excluding hydrogens is 294 g/mol. The Balaban J connectivity index is 2.15. The second-order valence-electron chi connectivity index (χ2n) is 4.01. The molecule has 0 saturated heterocycles. The lowest BCUT2D eigenvalue weighted by Gasteiger charge is -2.13. The lowest BCUT2D eigenvalue weighted by molar-refractivity contribution is 0.190. The first-order valence-corrected chi connectivity index (χ1v) is 6.45. The molecule has 0 fully saturated rings. The van der Waals surface area contributed by atoms with E-state index in [2.05, 4.69) is 20.9 Å². The summed E-state index contributed by atoms with van der Waals surface area (Å²) in [5.74, 6) is 0.684. The Kier molecular flexibility index (Phi) is 4.33. The van der Waals surface area contributed by atoms with Gasteiger partial charge in [0.05, 0.1) is 6.10 Å². The van der Waals surface area contributed by atoms with Crippen molar-refractivity contribution in [1.29, 1.82) is 0 Å². The van der Waals surface area contributed by atoms with E-state index in [0.717, 1.165) is 15.6 Å². The van der Waals surface area contributed by atoms with Crippen molar-refractivity contribution in [3.63, 3.8) is 0 Å². The van der Waals surface area contributed by atoms with E-state index in [1.165, 1.54) is 0 Å². The van der Waals surface area contributed by atoms with Crippen molar-refractivity contribution in [2.75, 3.05) is 0 Å². The van der Waals surface area contributed by atoms with Crippen molar-refractivity contribution < 1.29 is 9.84 Å². The van der Waals surface area contributed by atoms with E-state index in [0.29, 0.717) is 12.4 Å². The summed E-state index contributed by atoms with van der Waals surface area (Å²) < 4.78 is 6.66. The molecule has 1 N–H and O–H groups in total. The number of aliphatic hydroxyl groups excluding tert-OH is 1. The standard InChI is InChI=1S/C14H14BrNO2/c1-10(17)13-5-4-12(15)7-14(13)18-9-11-3-2-6-16-8-11/h2-8,10,17H,9H2,1H3. The highest BCUT2D eigenvalue weighted by molar-refractivity contribution is 9.10. The molecule has 1 heterocycles. The van der Waals surface area contributed by atoms with Gasteiger partial charge in [0.2, 0.25) is 0 Å². The molecule has 18 heavy (non-hydrogen) atoms. The highest BCUT2D eigenvalue weighted by Crippen LogP contribution is 2.29. The number of aromatic nitrogens is 1. The van der Waals surface area contributed by atoms with Crippen LogP contribution in [0.4, 0.5) is 0 Å². The van der Waals surface area contributed by atoms with Crippen LogP contribution in [-0.4, -0.2) is 10.1 Å². The Labute approximate surface area is 115 Å². The summed E-state index contributed by atoms with van der Waals surface area (Å²) >= 11 is 3.40. The number of rotatable bonds is 4. The van der Waals surface area contributed by atoms with Gasteiger partial charge in [-0.1, -0.05) is 28.1 Å². The number of hydrogen-bond donors (Lipinski definition) is 1. The molecule has 0 bridgehead atoms. The summed E-state index contributed by atoms with van der Waals surface area (Å²) in [6, 6.07) is 9.42. The van der Waals surface area contributed by atoms with Gasteiger partial charge in [-0.15, -0.1) is 0 Å². The monoisotopic (exact) mass is 307 g/mol. The number of hydrogen-bond acceptors (Lipinski definition) is 3.